The number of carbonyl (C=O) groups excluding carboxylic acids is 2. The van der Waals surface area contributed by atoms with Crippen LogP contribution in [-0.4, -0.2) is 26.0 Å². The van der Waals surface area contributed by atoms with Crippen molar-refractivity contribution in [2.24, 2.45) is 11.3 Å². The van der Waals surface area contributed by atoms with Crippen molar-refractivity contribution < 1.29 is 14.0 Å². The van der Waals surface area contributed by atoms with E-state index in [1.807, 2.05) is 0 Å². The van der Waals surface area contributed by atoms with Crippen molar-refractivity contribution >= 4 is 19.9 Å². The Labute approximate surface area is 136 Å². The van der Waals surface area contributed by atoms with Gasteiger partial charge in [-0.05, 0) is 50.7 Å². The smallest absolute Gasteiger partial charge is 0.192 e. The molecule has 2 aliphatic carbocycles. The van der Waals surface area contributed by atoms with Gasteiger partial charge in [0, 0.05) is 12.3 Å². The maximum Gasteiger partial charge on any atom is 0.192 e. The highest BCUT2D eigenvalue weighted by molar-refractivity contribution is 6.74. The van der Waals surface area contributed by atoms with Crippen LogP contribution in [0.4, 0.5) is 0 Å². The van der Waals surface area contributed by atoms with Gasteiger partial charge in [0.15, 0.2) is 8.32 Å². The Morgan fingerprint density at radius 3 is 2.45 bits per heavy atom. The van der Waals surface area contributed by atoms with Gasteiger partial charge in [-0.3, -0.25) is 9.59 Å². The maximum absolute atomic E-state index is 12.7. The number of Topliss-reactive ketones (excluding diaryl/α,β-unsaturated/α-hetero) is 2. The number of ketones is 2. The minimum absolute atomic E-state index is 0.0306. The van der Waals surface area contributed by atoms with Gasteiger partial charge in [-0.2, -0.15) is 0 Å². The van der Waals surface area contributed by atoms with Crippen molar-refractivity contribution in [1.29, 1.82) is 0 Å². The maximum atomic E-state index is 12.7. The van der Waals surface area contributed by atoms with E-state index in [0.717, 1.165) is 32.1 Å². The Kier molecular flexibility index (Phi) is 4.76. The third-order valence-corrected chi connectivity index (χ3v) is 10.9. The van der Waals surface area contributed by atoms with Crippen LogP contribution in [0.15, 0.2) is 0 Å². The van der Waals surface area contributed by atoms with E-state index in [1.165, 1.54) is 0 Å². The summed E-state index contributed by atoms with van der Waals surface area (Å²) in [6, 6.07) is 0. The molecule has 2 saturated carbocycles. The summed E-state index contributed by atoms with van der Waals surface area (Å²) in [5, 5.41) is 0.147. The number of rotatable bonds is 3. The number of hydrogen-bond donors (Lipinski definition) is 0. The normalized spacial score (nSPS) is 33.5. The molecule has 1 spiro atoms. The van der Waals surface area contributed by atoms with Crippen LogP contribution >= 0.6 is 0 Å². The third kappa shape index (κ3) is 3.09. The molecule has 3 unspecified atom stereocenters. The van der Waals surface area contributed by atoms with Gasteiger partial charge in [0.25, 0.3) is 0 Å². The van der Waals surface area contributed by atoms with Crippen LogP contribution in [0.2, 0.25) is 18.1 Å². The molecular formula is C18H32O3Si. The molecule has 22 heavy (non-hydrogen) atoms. The average Bonchev–Trinajstić information content (AvgIpc) is 2.66. The zero-order valence-corrected chi connectivity index (χ0v) is 16.1. The molecule has 0 saturated heterocycles. The lowest BCUT2D eigenvalue weighted by atomic mass is 9.66. The fourth-order valence-electron chi connectivity index (χ4n) is 3.87. The summed E-state index contributed by atoms with van der Waals surface area (Å²) in [7, 11) is -1.90. The van der Waals surface area contributed by atoms with Gasteiger partial charge in [-0.25, -0.2) is 0 Å². The van der Waals surface area contributed by atoms with Gasteiger partial charge in [0.1, 0.15) is 11.6 Å². The molecule has 0 heterocycles. The quantitative estimate of drug-likeness (QED) is 0.718. The summed E-state index contributed by atoms with van der Waals surface area (Å²) in [5.74, 6) is 0.647. The van der Waals surface area contributed by atoms with Crippen molar-refractivity contribution in [1.82, 2.24) is 0 Å². The molecule has 0 radical (unpaired) electrons. The molecule has 2 rings (SSSR count). The Balaban J connectivity index is 2.24. The summed E-state index contributed by atoms with van der Waals surface area (Å²) in [4.78, 5) is 24.5. The minimum atomic E-state index is -1.90. The van der Waals surface area contributed by atoms with Gasteiger partial charge in [0.2, 0.25) is 0 Å². The van der Waals surface area contributed by atoms with E-state index in [2.05, 4.69) is 33.9 Å². The molecule has 3 nitrogen and oxygen atoms in total. The second-order valence-corrected chi connectivity index (χ2v) is 13.6. The van der Waals surface area contributed by atoms with E-state index in [0.29, 0.717) is 12.2 Å². The van der Waals surface area contributed by atoms with Gasteiger partial charge >= 0.3 is 0 Å². The lowest BCUT2D eigenvalue weighted by Gasteiger charge is -2.46. The Hall–Kier alpha value is -0.483. The molecule has 0 N–H and O–H groups in total. The van der Waals surface area contributed by atoms with E-state index in [1.54, 1.807) is 6.92 Å². The molecule has 0 aliphatic heterocycles. The third-order valence-electron chi connectivity index (χ3n) is 6.41. The Morgan fingerprint density at radius 2 is 1.91 bits per heavy atom. The number of hydrogen-bond acceptors (Lipinski definition) is 3. The lowest BCUT2D eigenvalue weighted by Crippen LogP contribution is -2.50. The second-order valence-electron chi connectivity index (χ2n) is 8.89. The van der Waals surface area contributed by atoms with Crippen molar-refractivity contribution in [3.8, 4) is 0 Å². The first-order valence-electron chi connectivity index (χ1n) is 8.71. The molecular weight excluding hydrogens is 292 g/mol. The second kappa shape index (κ2) is 5.86. The summed E-state index contributed by atoms with van der Waals surface area (Å²) in [5.41, 5.74) is -0.371. The van der Waals surface area contributed by atoms with E-state index in [-0.39, 0.29) is 28.3 Å². The zero-order chi connectivity index (χ0) is 16.8. The van der Waals surface area contributed by atoms with Crippen LogP contribution in [0, 0.1) is 11.3 Å². The summed E-state index contributed by atoms with van der Waals surface area (Å²) < 4.78 is 6.66. The van der Waals surface area contributed by atoms with Crippen LogP contribution in [0.25, 0.3) is 0 Å². The van der Waals surface area contributed by atoms with E-state index >= 15 is 0 Å². The molecule has 0 aromatic rings. The first kappa shape index (κ1) is 17.9. The Bertz CT molecular complexity index is 463. The average molecular weight is 325 g/mol. The van der Waals surface area contributed by atoms with Gasteiger partial charge in [-0.1, -0.05) is 27.2 Å². The number of carbonyl (C=O) groups is 2. The van der Waals surface area contributed by atoms with Gasteiger partial charge < -0.3 is 4.43 Å². The van der Waals surface area contributed by atoms with Crippen molar-refractivity contribution in [3.63, 3.8) is 0 Å². The standard InChI is InChI=1S/C18H32O3Si/c1-13(19)14-8-7-11-18(12-14)15(20)9-10-16(18)21-22(5,6)17(2,3)4/h14,16H,7-12H2,1-6H3. The lowest BCUT2D eigenvalue weighted by molar-refractivity contribution is -0.135. The van der Waals surface area contributed by atoms with Crippen molar-refractivity contribution in [2.75, 3.05) is 0 Å². The van der Waals surface area contributed by atoms with Crippen LogP contribution in [-0.2, 0) is 14.0 Å². The monoisotopic (exact) mass is 324 g/mol. The van der Waals surface area contributed by atoms with Crippen molar-refractivity contribution in [2.45, 2.75) is 90.5 Å². The van der Waals surface area contributed by atoms with Gasteiger partial charge in [0.05, 0.1) is 11.5 Å². The molecule has 4 heteroatoms. The summed E-state index contributed by atoms with van der Waals surface area (Å²) in [6.07, 6.45) is 5.06. The highest BCUT2D eigenvalue weighted by Gasteiger charge is 2.55. The highest BCUT2D eigenvalue weighted by Crippen LogP contribution is 2.52. The SMILES string of the molecule is CC(=O)C1CCCC2(C1)C(=O)CCC2O[Si](C)(C)C(C)(C)C. The minimum Gasteiger partial charge on any atom is -0.413 e. The molecule has 3 atom stereocenters. The molecule has 2 aliphatic rings. The molecule has 0 bridgehead atoms. The first-order chi connectivity index (χ1) is 9.99. The van der Waals surface area contributed by atoms with Crippen LogP contribution in [0.3, 0.4) is 0 Å². The summed E-state index contributed by atoms with van der Waals surface area (Å²) >= 11 is 0. The molecule has 0 aromatic heterocycles. The molecule has 0 amide bonds. The predicted octanol–water partition coefficient (Wildman–Crippen LogP) is 4.51. The van der Waals surface area contributed by atoms with E-state index < -0.39 is 8.32 Å². The fourth-order valence-corrected chi connectivity index (χ4v) is 5.28. The topological polar surface area (TPSA) is 43.4 Å². The molecule has 0 aromatic carbocycles. The van der Waals surface area contributed by atoms with E-state index in [4.69, 9.17) is 4.43 Å². The van der Waals surface area contributed by atoms with Gasteiger partial charge in [-0.15, -0.1) is 0 Å². The predicted molar refractivity (Wildman–Crippen MR) is 91.4 cm³/mol. The zero-order valence-electron chi connectivity index (χ0n) is 15.1. The molecule has 2 fully saturated rings. The van der Waals surface area contributed by atoms with Crippen molar-refractivity contribution in [3.05, 3.63) is 0 Å². The van der Waals surface area contributed by atoms with E-state index in [9.17, 15) is 9.59 Å². The summed E-state index contributed by atoms with van der Waals surface area (Å²) in [6.45, 7) is 12.9. The van der Waals surface area contributed by atoms with Crippen LogP contribution in [0.5, 0.6) is 0 Å². The first-order valence-corrected chi connectivity index (χ1v) is 11.6. The largest absolute Gasteiger partial charge is 0.413 e. The highest BCUT2D eigenvalue weighted by atomic mass is 28.4. The van der Waals surface area contributed by atoms with Crippen LogP contribution in [0.1, 0.15) is 66.2 Å². The van der Waals surface area contributed by atoms with Crippen LogP contribution < -0.4 is 0 Å². The molecule has 126 valence electrons. The fraction of sp³-hybridized carbons (Fsp3) is 0.889. The Morgan fingerprint density at radius 1 is 1.27 bits per heavy atom.